The van der Waals surface area contributed by atoms with Crippen molar-refractivity contribution in [3.05, 3.63) is 48.0 Å². The van der Waals surface area contributed by atoms with E-state index in [0.29, 0.717) is 29.6 Å². The molecule has 5 fully saturated rings. The number of carbonyl (C=O) groups excluding carboxylic acids is 3. The minimum Gasteiger partial charge on any atom is -0.462 e. The highest BCUT2D eigenvalue weighted by Gasteiger charge is 2.71. The smallest absolute Gasteiger partial charge is 0.306 e. The lowest BCUT2D eigenvalue weighted by Crippen LogP contribution is -2.66. The van der Waals surface area contributed by atoms with Crippen LogP contribution in [0.2, 0.25) is 0 Å². The minimum atomic E-state index is -0.553. The van der Waals surface area contributed by atoms with Crippen LogP contribution in [-0.2, 0) is 30.5 Å². The van der Waals surface area contributed by atoms with Crippen LogP contribution in [0.25, 0.3) is 0 Å². The van der Waals surface area contributed by atoms with Crippen LogP contribution >= 0.6 is 0 Å². The first kappa shape index (κ1) is 36.4. The Kier molecular flexibility index (Phi) is 9.39. The quantitative estimate of drug-likeness (QED) is 0.148. The largest absolute Gasteiger partial charge is 0.462 e. The molecule has 5 aliphatic rings. The van der Waals surface area contributed by atoms with E-state index in [9.17, 15) is 14.4 Å². The molecular weight excluding hydrogens is 608 g/mol. The van der Waals surface area contributed by atoms with Gasteiger partial charge in [0.05, 0.1) is 12.8 Å². The standard InChI is InChI=1S/C44H64O5/c1-29(2)31-17-22-44(28-45)24-23-42(8)32(38(31)44)15-16-34-41(7)20-19-35(40(5,6)33(41)18-21-43(34,42)9)49-37(47)26-39(3,4)25-36(46)48-27-30-13-11-10-12-14-30/h10-14,28,31-35,38H,1,15-27H2,2-9H3/t31?,32?,33?,34?,35-,38?,41-,42+,43+,44+/m0/s1. The second-order valence-electron chi connectivity index (χ2n) is 19.5. The van der Waals surface area contributed by atoms with Crippen LogP contribution in [0, 0.1) is 62.1 Å². The van der Waals surface area contributed by atoms with Crippen LogP contribution < -0.4 is 0 Å². The van der Waals surface area contributed by atoms with Crippen molar-refractivity contribution in [2.75, 3.05) is 0 Å². The third-order valence-corrected chi connectivity index (χ3v) is 16.1. The number of benzene rings is 1. The predicted molar refractivity (Wildman–Crippen MR) is 194 cm³/mol. The van der Waals surface area contributed by atoms with Crippen molar-refractivity contribution in [3.8, 4) is 0 Å². The van der Waals surface area contributed by atoms with E-state index < -0.39 is 5.41 Å². The number of ether oxygens (including phenoxy) is 2. The van der Waals surface area contributed by atoms with E-state index in [1.54, 1.807) is 0 Å². The van der Waals surface area contributed by atoms with Gasteiger partial charge in [-0.25, -0.2) is 0 Å². The Labute approximate surface area is 296 Å². The summed E-state index contributed by atoms with van der Waals surface area (Å²) in [4.78, 5) is 39.0. The summed E-state index contributed by atoms with van der Waals surface area (Å²) in [5.74, 6) is 2.06. The SMILES string of the molecule is C=C(C)C1CC[C@]2(C=O)CC[C@]3(C)C(CCC4[C@@]5(C)CC[C@H](OC(=O)CC(C)(C)CC(=O)OCc6ccccc6)C(C)(C)C5CC[C@]43C)C12. The van der Waals surface area contributed by atoms with Crippen LogP contribution in [0.4, 0.5) is 0 Å². The van der Waals surface area contributed by atoms with Crippen molar-refractivity contribution >= 4 is 18.2 Å². The molecule has 5 aliphatic carbocycles. The molecule has 0 bridgehead atoms. The zero-order valence-corrected chi connectivity index (χ0v) is 31.9. The fraction of sp³-hybridized carbons (Fsp3) is 0.750. The molecule has 0 radical (unpaired) electrons. The van der Waals surface area contributed by atoms with Gasteiger partial charge in [-0.05, 0) is 128 Å². The molecule has 5 nitrogen and oxygen atoms in total. The fourth-order valence-electron chi connectivity index (χ4n) is 13.4. The predicted octanol–water partition coefficient (Wildman–Crippen LogP) is 10.3. The van der Waals surface area contributed by atoms with E-state index in [0.717, 1.165) is 50.5 Å². The second-order valence-corrected chi connectivity index (χ2v) is 19.5. The van der Waals surface area contributed by atoms with Crippen molar-refractivity contribution in [2.45, 2.75) is 145 Å². The van der Waals surface area contributed by atoms with E-state index in [1.165, 1.54) is 31.1 Å². The molecule has 0 amide bonds. The van der Waals surface area contributed by atoms with Crippen molar-refractivity contribution in [3.63, 3.8) is 0 Å². The highest BCUT2D eigenvalue weighted by Crippen LogP contribution is 2.77. The molecule has 0 saturated heterocycles. The number of esters is 2. The van der Waals surface area contributed by atoms with Crippen LogP contribution in [0.3, 0.4) is 0 Å². The molecule has 5 saturated carbocycles. The Bertz CT molecular complexity index is 1440. The van der Waals surface area contributed by atoms with Crippen LogP contribution in [0.1, 0.15) is 138 Å². The number of aldehydes is 1. The second kappa shape index (κ2) is 12.7. The molecule has 5 heteroatoms. The zero-order valence-electron chi connectivity index (χ0n) is 31.9. The maximum atomic E-state index is 13.5. The number of rotatable bonds is 9. The van der Waals surface area contributed by atoms with Gasteiger partial charge in [-0.2, -0.15) is 0 Å². The summed E-state index contributed by atoms with van der Waals surface area (Å²) in [6.45, 7) is 23.3. The van der Waals surface area contributed by atoms with Crippen LogP contribution in [0.15, 0.2) is 42.5 Å². The lowest BCUT2D eigenvalue weighted by atomic mass is 9.32. The molecule has 1 aromatic rings. The average Bonchev–Trinajstić information content (AvgIpc) is 3.42. The number of fused-ring (bicyclic) bond motifs is 7. The Morgan fingerprint density at radius 3 is 2.20 bits per heavy atom. The van der Waals surface area contributed by atoms with E-state index >= 15 is 0 Å². The highest BCUT2D eigenvalue weighted by atomic mass is 16.5. The molecule has 0 spiro atoms. The zero-order chi connectivity index (χ0) is 35.6. The minimum absolute atomic E-state index is 0.132. The van der Waals surface area contributed by atoms with E-state index in [1.807, 2.05) is 44.2 Å². The van der Waals surface area contributed by atoms with Gasteiger partial charge in [0.1, 0.15) is 19.0 Å². The summed E-state index contributed by atoms with van der Waals surface area (Å²) in [6, 6.07) is 9.68. The molecule has 0 aromatic heterocycles. The van der Waals surface area contributed by atoms with Crippen LogP contribution in [0.5, 0.6) is 0 Å². The van der Waals surface area contributed by atoms with Gasteiger partial charge >= 0.3 is 11.9 Å². The number of hydrogen-bond donors (Lipinski definition) is 0. The lowest BCUT2D eigenvalue weighted by Gasteiger charge is -2.72. The third kappa shape index (κ3) is 5.95. The molecule has 0 heterocycles. The Morgan fingerprint density at radius 2 is 1.53 bits per heavy atom. The van der Waals surface area contributed by atoms with Gasteiger partial charge in [-0.3, -0.25) is 9.59 Å². The van der Waals surface area contributed by atoms with Crippen molar-refractivity contribution in [1.82, 2.24) is 0 Å². The average molecular weight is 673 g/mol. The summed E-state index contributed by atoms with van der Waals surface area (Å²) in [7, 11) is 0. The van der Waals surface area contributed by atoms with E-state index in [4.69, 9.17) is 9.47 Å². The summed E-state index contributed by atoms with van der Waals surface area (Å²) in [5.41, 5.74) is 1.99. The number of allylic oxidation sites excluding steroid dienone is 1. The summed E-state index contributed by atoms with van der Waals surface area (Å²) >= 11 is 0. The fourth-order valence-corrected chi connectivity index (χ4v) is 13.4. The summed E-state index contributed by atoms with van der Waals surface area (Å²) in [5, 5.41) is 0. The maximum absolute atomic E-state index is 13.5. The normalized spacial score (nSPS) is 40.9. The van der Waals surface area contributed by atoms with Gasteiger partial charge in [0.15, 0.2) is 0 Å². The third-order valence-electron chi connectivity index (χ3n) is 16.1. The van der Waals surface area contributed by atoms with E-state index in [-0.39, 0.29) is 64.6 Å². The lowest BCUT2D eigenvalue weighted by molar-refractivity contribution is -0.248. The topological polar surface area (TPSA) is 69.7 Å². The monoisotopic (exact) mass is 672 g/mol. The molecule has 0 aliphatic heterocycles. The number of carbonyl (C=O) groups is 3. The Hall–Kier alpha value is -2.43. The van der Waals surface area contributed by atoms with Crippen molar-refractivity contribution in [2.24, 2.45) is 62.1 Å². The molecule has 49 heavy (non-hydrogen) atoms. The van der Waals surface area contributed by atoms with Gasteiger partial charge in [-0.1, -0.05) is 91.0 Å². The molecule has 1 aromatic carbocycles. The molecule has 6 rings (SSSR count). The van der Waals surface area contributed by atoms with Crippen LogP contribution in [-0.4, -0.2) is 24.3 Å². The molecule has 270 valence electrons. The van der Waals surface area contributed by atoms with Gasteiger partial charge in [-0.15, -0.1) is 0 Å². The van der Waals surface area contributed by atoms with Gasteiger partial charge < -0.3 is 14.3 Å². The van der Waals surface area contributed by atoms with Gasteiger partial charge in [0, 0.05) is 10.8 Å². The first-order valence-corrected chi connectivity index (χ1v) is 19.4. The summed E-state index contributed by atoms with van der Waals surface area (Å²) < 4.78 is 11.9. The van der Waals surface area contributed by atoms with Gasteiger partial charge in [0.2, 0.25) is 0 Å². The first-order valence-electron chi connectivity index (χ1n) is 19.4. The van der Waals surface area contributed by atoms with Crippen molar-refractivity contribution in [1.29, 1.82) is 0 Å². The Balaban J connectivity index is 1.13. The first-order chi connectivity index (χ1) is 22.9. The number of hydrogen-bond acceptors (Lipinski definition) is 5. The molecule has 5 unspecified atom stereocenters. The highest BCUT2D eigenvalue weighted by molar-refractivity contribution is 5.74. The Morgan fingerprint density at radius 1 is 0.837 bits per heavy atom. The van der Waals surface area contributed by atoms with E-state index in [2.05, 4.69) is 48.1 Å². The van der Waals surface area contributed by atoms with Crippen molar-refractivity contribution < 1.29 is 23.9 Å². The molecule has 10 atom stereocenters. The maximum Gasteiger partial charge on any atom is 0.306 e. The molecule has 0 N–H and O–H groups in total. The summed E-state index contributed by atoms with van der Waals surface area (Å²) in [6.07, 6.45) is 12.7. The molecular formula is C44H64O5. The van der Waals surface area contributed by atoms with Gasteiger partial charge in [0.25, 0.3) is 0 Å².